The lowest BCUT2D eigenvalue weighted by Crippen LogP contribution is -2.42. The molecule has 0 aromatic rings. The third-order valence-electron chi connectivity index (χ3n) is 2.50. The first-order valence-electron chi connectivity index (χ1n) is 4.84. The molecule has 1 N–H and O–H groups in total. The highest BCUT2D eigenvalue weighted by Gasteiger charge is 2.47. The maximum Gasteiger partial charge on any atom is 0.267 e. The molecule has 6 heteroatoms. The lowest BCUT2D eigenvalue weighted by molar-refractivity contribution is -0.133. The van der Waals surface area contributed by atoms with Gasteiger partial charge in [-0.25, -0.2) is 8.78 Å². The standard InChI is InChI=1S/C9H14ClF2NO2/c1-2-7(10)8(15)13-5-9(11,12)3-6(13)4-14/h6-7,14H,2-5H2,1H3/t6-,7+/m1/s1. The van der Waals surface area contributed by atoms with E-state index in [1.165, 1.54) is 0 Å². The highest BCUT2D eigenvalue weighted by molar-refractivity contribution is 6.30. The van der Waals surface area contributed by atoms with Crippen LogP contribution in [0.3, 0.4) is 0 Å². The van der Waals surface area contributed by atoms with Crippen molar-refractivity contribution in [3.05, 3.63) is 0 Å². The lowest BCUT2D eigenvalue weighted by atomic mass is 10.2. The molecule has 0 radical (unpaired) electrons. The summed E-state index contributed by atoms with van der Waals surface area (Å²) in [6, 6.07) is -0.805. The lowest BCUT2D eigenvalue weighted by Gasteiger charge is -2.24. The van der Waals surface area contributed by atoms with E-state index >= 15 is 0 Å². The third kappa shape index (κ3) is 2.78. The number of hydrogen-bond donors (Lipinski definition) is 1. The summed E-state index contributed by atoms with van der Waals surface area (Å²) in [6.07, 6.45) is -0.0941. The Morgan fingerprint density at radius 1 is 1.73 bits per heavy atom. The molecular formula is C9H14ClF2NO2. The minimum atomic E-state index is -2.91. The van der Waals surface area contributed by atoms with E-state index in [0.29, 0.717) is 6.42 Å². The van der Waals surface area contributed by atoms with Gasteiger partial charge >= 0.3 is 0 Å². The fourth-order valence-electron chi connectivity index (χ4n) is 1.67. The SMILES string of the molecule is CC[C@H](Cl)C(=O)N1CC(F)(F)C[C@@H]1CO. The predicted octanol–water partition coefficient (Wildman–Crippen LogP) is 1.23. The molecule has 0 aliphatic carbocycles. The molecule has 1 saturated heterocycles. The number of aliphatic hydroxyl groups excluding tert-OH is 1. The number of likely N-dealkylation sites (tertiary alicyclic amines) is 1. The molecule has 3 nitrogen and oxygen atoms in total. The van der Waals surface area contributed by atoms with Crippen molar-refractivity contribution in [3.8, 4) is 0 Å². The number of hydrogen-bond acceptors (Lipinski definition) is 2. The van der Waals surface area contributed by atoms with Crippen LogP contribution in [0.25, 0.3) is 0 Å². The number of carbonyl (C=O) groups excluding carboxylic acids is 1. The zero-order chi connectivity index (χ0) is 11.6. The molecule has 0 aromatic carbocycles. The molecule has 1 rings (SSSR count). The van der Waals surface area contributed by atoms with Crippen molar-refractivity contribution < 1.29 is 18.7 Å². The smallest absolute Gasteiger partial charge is 0.267 e. The summed E-state index contributed by atoms with van der Waals surface area (Å²) in [5, 5.41) is 8.12. The topological polar surface area (TPSA) is 40.5 Å². The van der Waals surface area contributed by atoms with Gasteiger partial charge in [-0.15, -0.1) is 11.6 Å². The fourth-order valence-corrected chi connectivity index (χ4v) is 1.80. The Morgan fingerprint density at radius 2 is 2.33 bits per heavy atom. The minimum Gasteiger partial charge on any atom is -0.394 e. The molecule has 0 aromatic heterocycles. The van der Waals surface area contributed by atoms with E-state index in [9.17, 15) is 13.6 Å². The van der Waals surface area contributed by atoms with Gasteiger partial charge in [-0.3, -0.25) is 4.79 Å². The Balaban J connectivity index is 2.72. The van der Waals surface area contributed by atoms with Crippen molar-refractivity contribution in [2.75, 3.05) is 13.2 Å². The van der Waals surface area contributed by atoms with Crippen molar-refractivity contribution in [2.24, 2.45) is 0 Å². The highest BCUT2D eigenvalue weighted by Crippen LogP contribution is 2.32. The van der Waals surface area contributed by atoms with Gasteiger partial charge in [0, 0.05) is 6.42 Å². The monoisotopic (exact) mass is 241 g/mol. The summed E-state index contributed by atoms with van der Waals surface area (Å²) in [6.45, 7) is 0.618. The first-order chi connectivity index (χ1) is 6.91. The number of alkyl halides is 3. The highest BCUT2D eigenvalue weighted by atomic mass is 35.5. The van der Waals surface area contributed by atoms with Crippen LogP contribution in [0.4, 0.5) is 8.78 Å². The number of carbonyl (C=O) groups is 1. The second-order valence-corrected chi connectivity index (χ2v) is 4.27. The Labute approximate surface area is 92.0 Å². The van der Waals surface area contributed by atoms with E-state index in [1.807, 2.05) is 0 Å². The van der Waals surface area contributed by atoms with Gasteiger partial charge in [0.25, 0.3) is 5.92 Å². The van der Waals surface area contributed by atoms with Gasteiger partial charge in [-0.05, 0) is 6.42 Å². The molecule has 15 heavy (non-hydrogen) atoms. The minimum absolute atomic E-state index is 0.389. The van der Waals surface area contributed by atoms with Gasteiger partial charge in [0.05, 0.1) is 19.2 Å². The Kier molecular flexibility index (Phi) is 3.89. The average molecular weight is 242 g/mol. The summed E-state index contributed by atoms with van der Waals surface area (Å²) in [5.41, 5.74) is 0. The van der Waals surface area contributed by atoms with Crippen molar-refractivity contribution in [1.29, 1.82) is 0 Å². The first kappa shape index (κ1) is 12.6. The van der Waals surface area contributed by atoms with E-state index < -0.39 is 42.8 Å². The van der Waals surface area contributed by atoms with Crippen LogP contribution < -0.4 is 0 Å². The van der Waals surface area contributed by atoms with Crippen molar-refractivity contribution in [2.45, 2.75) is 37.1 Å². The summed E-state index contributed by atoms with van der Waals surface area (Å²) in [4.78, 5) is 12.6. The second kappa shape index (κ2) is 4.61. The maximum absolute atomic E-state index is 13.0. The summed E-state index contributed by atoms with van der Waals surface area (Å²) < 4.78 is 26.0. The van der Waals surface area contributed by atoms with Crippen molar-refractivity contribution >= 4 is 17.5 Å². The van der Waals surface area contributed by atoms with Gasteiger partial charge in [0.1, 0.15) is 5.38 Å². The number of halogens is 3. The molecular weight excluding hydrogens is 228 g/mol. The third-order valence-corrected chi connectivity index (χ3v) is 2.99. The molecule has 1 heterocycles. The molecule has 88 valence electrons. The van der Waals surface area contributed by atoms with E-state index in [-0.39, 0.29) is 0 Å². The second-order valence-electron chi connectivity index (χ2n) is 3.74. The Morgan fingerprint density at radius 3 is 2.80 bits per heavy atom. The molecule has 0 saturated carbocycles. The number of aliphatic hydroxyl groups is 1. The fraction of sp³-hybridized carbons (Fsp3) is 0.889. The summed E-state index contributed by atoms with van der Waals surface area (Å²) in [5.74, 6) is -3.43. The molecule has 0 unspecified atom stereocenters. The van der Waals surface area contributed by atoms with Crippen molar-refractivity contribution in [1.82, 2.24) is 4.90 Å². The summed E-state index contributed by atoms with van der Waals surface area (Å²) >= 11 is 5.69. The van der Waals surface area contributed by atoms with Crippen LogP contribution in [0.5, 0.6) is 0 Å². The Bertz CT molecular complexity index is 250. The molecule has 0 spiro atoms. The van der Waals surface area contributed by atoms with E-state index in [1.54, 1.807) is 6.92 Å². The molecule has 1 fully saturated rings. The molecule has 1 amide bonds. The normalized spacial score (nSPS) is 26.7. The van der Waals surface area contributed by atoms with Gasteiger partial charge in [-0.2, -0.15) is 0 Å². The maximum atomic E-state index is 13.0. The van der Waals surface area contributed by atoms with Crippen LogP contribution in [0, 0.1) is 0 Å². The first-order valence-corrected chi connectivity index (χ1v) is 5.28. The molecule has 0 bridgehead atoms. The van der Waals surface area contributed by atoms with Gasteiger partial charge in [-0.1, -0.05) is 6.92 Å². The zero-order valence-electron chi connectivity index (χ0n) is 8.42. The van der Waals surface area contributed by atoms with Crippen LogP contribution in [0.15, 0.2) is 0 Å². The largest absolute Gasteiger partial charge is 0.394 e. The van der Waals surface area contributed by atoms with E-state index in [2.05, 4.69) is 0 Å². The van der Waals surface area contributed by atoms with Gasteiger partial charge in [0.2, 0.25) is 5.91 Å². The quantitative estimate of drug-likeness (QED) is 0.755. The average Bonchev–Trinajstić information content (AvgIpc) is 2.51. The van der Waals surface area contributed by atoms with E-state index in [0.717, 1.165) is 4.90 Å². The summed E-state index contributed by atoms with van der Waals surface area (Å²) in [7, 11) is 0. The molecule has 1 aliphatic heterocycles. The molecule has 1 aliphatic rings. The van der Waals surface area contributed by atoms with Gasteiger partial charge < -0.3 is 10.0 Å². The number of amides is 1. The van der Waals surface area contributed by atoms with Crippen LogP contribution >= 0.6 is 11.6 Å². The van der Waals surface area contributed by atoms with Crippen molar-refractivity contribution in [3.63, 3.8) is 0 Å². The van der Waals surface area contributed by atoms with Crippen LogP contribution in [-0.4, -0.2) is 46.4 Å². The van der Waals surface area contributed by atoms with Crippen LogP contribution in [-0.2, 0) is 4.79 Å². The number of nitrogens with zero attached hydrogens (tertiary/aromatic N) is 1. The van der Waals surface area contributed by atoms with Crippen LogP contribution in [0.1, 0.15) is 19.8 Å². The number of rotatable bonds is 3. The molecule has 2 atom stereocenters. The van der Waals surface area contributed by atoms with Crippen LogP contribution in [0.2, 0.25) is 0 Å². The van der Waals surface area contributed by atoms with Gasteiger partial charge in [0.15, 0.2) is 0 Å². The Hall–Kier alpha value is -0.420. The zero-order valence-corrected chi connectivity index (χ0v) is 9.18. The van der Waals surface area contributed by atoms with E-state index in [4.69, 9.17) is 16.7 Å². The predicted molar refractivity (Wildman–Crippen MR) is 52.1 cm³/mol.